The minimum absolute atomic E-state index is 0.0660. The zero-order valence-corrected chi connectivity index (χ0v) is 17.1. The molecule has 5 rings (SSSR count). The maximum absolute atomic E-state index is 9.94. The van der Waals surface area contributed by atoms with Crippen LogP contribution in [0.25, 0.3) is 21.7 Å². The third-order valence-electron chi connectivity index (χ3n) is 5.82. The topological polar surface area (TPSA) is 69.8 Å². The van der Waals surface area contributed by atoms with Crippen LogP contribution in [0.2, 0.25) is 5.15 Å². The first-order valence-corrected chi connectivity index (χ1v) is 10.2. The van der Waals surface area contributed by atoms with Gasteiger partial charge in [0.05, 0.1) is 11.6 Å². The van der Waals surface area contributed by atoms with E-state index in [9.17, 15) is 5.26 Å². The Morgan fingerprint density at radius 1 is 1.10 bits per heavy atom. The number of nitriles is 1. The van der Waals surface area contributed by atoms with E-state index in [4.69, 9.17) is 21.7 Å². The number of pyridine rings is 1. The van der Waals surface area contributed by atoms with Crippen molar-refractivity contribution in [3.05, 3.63) is 82.5 Å². The van der Waals surface area contributed by atoms with Crippen LogP contribution >= 0.6 is 11.6 Å². The maximum atomic E-state index is 9.94. The highest BCUT2D eigenvalue weighted by molar-refractivity contribution is 6.30. The minimum Gasteiger partial charge on any atom is -0.442 e. The number of nitrogens with one attached hydrogen (secondary N) is 1. The molecule has 2 unspecified atom stereocenters. The van der Waals surface area contributed by atoms with E-state index < -0.39 is 11.8 Å². The molecule has 0 radical (unpaired) electrons. The number of hydrogen-bond donors (Lipinski definition) is 1. The van der Waals surface area contributed by atoms with Gasteiger partial charge < -0.3 is 4.74 Å². The van der Waals surface area contributed by atoms with Crippen molar-refractivity contribution in [1.29, 1.82) is 10.7 Å². The van der Waals surface area contributed by atoms with Crippen LogP contribution in [-0.2, 0) is 6.42 Å². The molecule has 1 aliphatic rings. The van der Waals surface area contributed by atoms with E-state index in [2.05, 4.69) is 30.1 Å². The smallest absolute Gasteiger partial charge is 0.205 e. The van der Waals surface area contributed by atoms with Gasteiger partial charge in [-0.3, -0.25) is 5.41 Å². The molecule has 1 aliphatic heterocycles. The Hall–Kier alpha value is -3.42. The number of nitrogens with zero attached hydrogens (tertiary/aromatic N) is 2. The molecule has 0 amide bonds. The zero-order valence-electron chi connectivity index (χ0n) is 16.3. The van der Waals surface area contributed by atoms with Gasteiger partial charge in [0.2, 0.25) is 5.90 Å². The molecule has 2 heterocycles. The van der Waals surface area contributed by atoms with Crippen LogP contribution in [0, 0.1) is 22.7 Å². The molecule has 146 valence electrons. The second-order valence-electron chi connectivity index (χ2n) is 7.50. The van der Waals surface area contributed by atoms with E-state index in [1.807, 2.05) is 48.5 Å². The normalized spacial score (nSPS) is 18.1. The molecule has 0 aliphatic carbocycles. The second-order valence-corrected chi connectivity index (χ2v) is 7.86. The lowest BCUT2D eigenvalue weighted by molar-refractivity contribution is 0.453. The average molecular weight is 412 g/mol. The van der Waals surface area contributed by atoms with Gasteiger partial charge in [0.1, 0.15) is 16.8 Å². The number of rotatable bonds is 2. The van der Waals surface area contributed by atoms with Gasteiger partial charge in [0, 0.05) is 16.9 Å². The number of fused-ring (bicyclic) bond motifs is 4. The molecular formula is C25H18ClN3O. The van der Waals surface area contributed by atoms with Gasteiger partial charge in [-0.2, -0.15) is 5.26 Å². The lowest BCUT2D eigenvalue weighted by atomic mass is 9.77. The molecule has 5 heteroatoms. The Morgan fingerprint density at radius 2 is 1.93 bits per heavy atom. The summed E-state index contributed by atoms with van der Waals surface area (Å²) in [7, 11) is 0. The summed E-state index contributed by atoms with van der Waals surface area (Å²) in [4.78, 5) is 4.62. The maximum Gasteiger partial charge on any atom is 0.205 e. The molecular weight excluding hydrogens is 394 g/mol. The highest BCUT2D eigenvalue weighted by Gasteiger charge is 2.39. The molecule has 1 aromatic heterocycles. The molecule has 0 fully saturated rings. The standard InChI is InChI=1S/C25H18ClN3O/c1-2-14-7-9-20-16(11-14)12-18(24(26)29-20)22-19(13-27)25(28)30-21-10-8-15-5-3-4-6-17(15)23(21)22/h3-12,19,22,28H,2H2,1H3. The molecule has 0 saturated carbocycles. The van der Waals surface area contributed by atoms with Crippen molar-refractivity contribution < 1.29 is 4.74 Å². The third-order valence-corrected chi connectivity index (χ3v) is 6.12. The Balaban J connectivity index is 1.83. The molecule has 0 saturated heterocycles. The summed E-state index contributed by atoms with van der Waals surface area (Å²) >= 11 is 6.67. The summed E-state index contributed by atoms with van der Waals surface area (Å²) in [6, 6.07) is 22.3. The predicted molar refractivity (Wildman–Crippen MR) is 119 cm³/mol. The molecule has 4 aromatic rings. The first-order valence-electron chi connectivity index (χ1n) is 9.87. The van der Waals surface area contributed by atoms with E-state index >= 15 is 0 Å². The summed E-state index contributed by atoms with van der Waals surface area (Å²) in [5.74, 6) is -0.695. The summed E-state index contributed by atoms with van der Waals surface area (Å²) in [6.07, 6.45) is 0.921. The Morgan fingerprint density at radius 3 is 2.73 bits per heavy atom. The average Bonchev–Trinajstić information content (AvgIpc) is 2.77. The Bertz CT molecular complexity index is 1370. The summed E-state index contributed by atoms with van der Waals surface area (Å²) in [5, 5.41) is 21.7. The quantitative estimate of drug-likeness (QED) is 0.396. The van der Waals surface area contributed by atoms with Gasteiger partial charge in [0.15, 0.2) is 0 Å². The van der Waals surface area contributed by atoms with E-state index in [0.717, 1.165) is 39.2 Å². The molecule has 3 aromatic carbocycles. The van der Waals surface area contributed by atoms with Crippen molar-refractivity contribution in [3.63, 3.8) is 0 Å². The summed E-state index contributed by atoms with van der Waals surface area (Å²) in [6.45, 7) is 2.11. The van der Waals surface area contributed by atoms with Gasteiger partial charge >= 0.3 is 0 Å². The molecule has 0 bridgehead atoms. The van der Waals surface area contributed by atoms with Gasteiger partial charge in [-0.25, -0.2) is 4.98 Å². The van der Waals surface area contributed by atoms with E-state index in [-0.39, 0.29) is 5.90 Å². The monoisotopic (exact) mass is 411 g/mol. The fraction of sp³-hybridized carbons (Fsp3) is 0.160. The zero-order chi connectivity index (χ0) is 20.8. The summed E-state index contributed by atoms with van der Waals surface area (Å²) < 4.78 is 5.76. The van der Waals surface area contributed by atoms with Crippen molar-refractivity contribution >= 4 is 39.2 Å². The number of benzene rings is 3. The van der Waals surface area contributed by atoms with Crippen molar-refractivity contribution in [1.82, 2.24) is 4.98 Å². The highest BCUT2D eigenvalue weighted by Crippen LogP contribution is 2.47. The van der Waals surface area contributed by atoms with E-state index in [0.29, 0.717) is 10.9 Å². The van der Waals surface area contributed by atoms with Gasteiger partial charge in [-0.1, -0.05) is 54.9 Å². The number of hydrogen-bond acceptors (Lipinski definition) is 4. The van der Waals surface area contributed by atoms with Crippen molar-refractivity contribution in [2.45, 2.75) is 19.3 Å². The first-order chi connectivity index (χ1) is 14.6. The van der Waals surface area contributed by atoms with Crippen LogP contribution in [0.4, 0.5) is 0 Å². The second kappa shape index (κ2) is 7.12. The fourth-order valence-electron chi connectivity index (χ4n) is 4.31. The number of halogens is 1. The van der Waals surface area contributed by atoms with Crippen LogP contribution in [-0.4, -0.2) is 10.9 Å². The van der Waals surface area contributed by atoms with Crippen LogP contribution < -0.4 is 4.74 Å². The largest absolute Gasteiger partial charge is 0.442 e. The lowest BCUT2D eigenvalue weighted by Gasteiger charge is -2.31. The molecule has 1 N–H and O–H groups in total. The predicted octanol–water partition coefficient (Wildman–Crippen LogP) is 6.25. The minimum atomic E-state index is -0.783. The first kappa shape index (κ1) is 18.6. The van der Waals surface area contributed by atoms with Gasteiger partial charge in [-0.05, 0) is 52.6 Å². The van der Waals surface area contributed by atoms with E-state index in [1.54, 1.807) is 0 Å². The van der Waals surface area contributed by atoms with Crippen LogP contribution in [0.15, 0.2) is 60.7 Å². The number of aryl methyl sites for hydroxylation is 1. The van der Waals surface area contributed by atoms with Crippen molar-refractivity contribution in [3.8, 4) is 11.8 Å². The van der Waals surface area contributed by atoms with Crippen LogP contribution in [0.5, 0.6) is 5.75 Å². The third kappa shape index (κ3) is 2.82. The Kier molecular flexibility index (Phi) is 4.42. The molecule has 0 spiro atoms. The van der Waals surface area contributed by atoms with Crippen molar-refractivity contribution in [2.75, 3.05) is 0 Å². The van der Waals surface area contributed by atoms with E-state index in [1.165, 1.54) is 5.56 Å². The highest BCUT2D eigenvalue weighted by atomic mass is 35.5. The van der Waals surface area contributed by atoms with Gasteiger partial charge in [-0.15, -0.1) is 0 Å². The summed E-state index contributed by atoms with van der Waals surface area (Å²) in [5.41, 5.74) is 3.65. The van der Waals surface area contributed by atoms with Gasteiger partial charge in [0.25, 0.3) is 0 Å². The number of aromatic nitrogens is 1. The SMILES string of the molecule is CCc1ccc2nc(Cl)c(C3c4c(ccc5ccccc45)OC(=N)C3C#N)cc2c1. The number of ether oxygens (including phenoxy) is 1. The molecule has 30 heavy (non-hydrogen) atoms. The lowest BCUT2D eigenvalue weighted by Crippen LogP contribution is -2.31. The molecule has 4 nitrogen and oxygen atoms in total. The van der Waals surface area contributed by atoms with Crippen molar-refractivity contribution in [2.24, 2.45) is 5.92 Å². The van der Waals surface area contributed by atoms with Crippen LogP contribution in [0.3, 0.4) is 0 Å². The fourth-order valence-corrected chi connectivity index (χ4v) is 4.57. The molecule has 2 atom stereocenters. The Labute approximate surface area is 179 Å². The van der Waals surface area contributed by atoms with Crippen LogP contribution in [0.1, 0.15) is 29.5 Å².